The molecule has 10 nitrogen and oxygen atoms in total. The number of ether oxygens (including phenoxy) is 1. The Morgan fingerprint density at radius 2 is 1.93 bits per heavy atom. The number of piperazine rings is 1. The number of aromatic carboxylic acids is 1. The fourth-order valence-electron chi connectivity index (χ4n) is 3.21. The molecule has 154 valence electrons. The van der Waals surface area contributed by atoms with Crippen LogP contribution in [0.5, 0.6) is 11.6 Å². The number of carboxylic acids is 1. The van der Waals surface area contributed by atoms with Gasteiger partial charge in [-0.25, -0.2) is 14.6 Å². The van der Waals surface area contributed by atoms with E-state index in [1.54, 1.807) is 23.5 Å². The summed E-state index contributed by atoms with van der Waals surface area (Å²) in [5.41, 5.74) is 0.944. The Morgan fingerprint density at radius 3 is 2.63 bits per heavy atom. The number of hydrogen-bond acceptors (Lipinski definition) is 7. The van der Waals surface area contributed by atoms with Crippen molar-refractivity contribution in [2.75, 3.05) is 26.2 Å². The lowest BCUT2D eigenvalue weighted by atomic mass is 10.2. The lowest BCUT2D eigenvalue weighted by Gasteiger charge is -2.34. The lowest BCUT2D eigenvalue weighted by Crippen LogP contribution is -2.49. The molecular formula is C20H20N6O4. The predicted octanol–water partition coefficient (Wildman–Crippen LogP) is 1.95. The topological polar surface area (TPSA) is 114 Å². The molecule has 0 aliphatic carbocycles. The zero-order valence-electron chi connectivity index (χ0n) is 16.1. The molecule has 2 aromatic heterocycles. The van der Waals surface area contributed by atoms with Crippen LogP contribution in [-0.2, 0) is 6.54 Å². The first kappa shape index (κ1) is 19.5. The third-order valence-electron chi connectivity index (χ3n) is 4.71. The van der Waals surface area contributed by atoms with E-state index in [2.05, 4.69) is 20.0 Å². The number of carbonyl (C=O) groups excluding carboxylic acids is 1. The largest absolute Gasteiger partial charge is 0.476 e. The van der Waals surface area contributed by atoms with Gasteiger partial charge in [-0.2, -0.15) is 9.78 Å². The van der Waals surface area contributed by atoms with Gasteiger partial charge in [0.2, 0.25) is 5.88 Å². The lowest BCUT2D eigenvalue weighted by molar-refractivity contribution is 0.0689. The van der Waals surface area contributed by atoms with E-state index in [1.165, 1.54) is 12.3 Å². The second-order valence-electron chi connectivity index (χ2n) is 6.79. The molecule has 3 heterocycles. The van der Waals surface area contributed by atoms with Crippen LogP contribution in [0.15, 0.2) is 55.1 Å². The molecule has 1 aliphatic heterocycles. The maximum absolute atomic E-state index is 12.5. The van der Waals surface area contributed by atoms with E-state index >= 15 is 0 Å². The van der Waals surface area contributed by atoms with Crippen LogP contribution in [0.4, 0.5) is 4.79 Å². The van der Waals surface area contributed by atoms with Crippen molar-refractivity contribution < 1.29 is 19.4 Å². The van der Waals surface area contributed by atoms with Gasteiger partial charge in [-0.15, -0.1) is 0 Å². The molecule has 1 N–H and O–H groups in total. The van der Waals surface area contributed by atoms with Gasteiger partial charge in [-0.1, -0.05) is 12.1 Å². The molecule has 0 atom stereocenters. The first-order valence-corrected chi connectivity index (χ1v) is 9.42. The van der Waals surface area contributed by atoms with Crippen LogP contribution in [0.3, 0.4) is 0 Å². The molecule has 0 saturated carbocycles. The normalized spacial score (nSPS) is 14.5. The van der Waals surface area contributed by atoms with E-state index in [0.29, 0.717) is 37.8 Å². The van der Waals surface area contributed by atoms with Gasteiger partial charge in [0, 0.05) is 51.3 Å². The van der Waals surface area contributed by atoms with Gasteiger partial charge in [-0.3, -0.25) is 9.88 Å². The van der Waals surface area contributed by atoms with Crippen molar-refractivity contribution in [3.63, 3.8) is 0 Å². The highest BCUT2D eigenvalue weighted by molar-refractivity contribution is 5.86. The maximum atomic E-state index is 12.5. The van der Waals surface area contributed by atoms with Crippen LogP contribution in [0.25, 0.3) is 0 Å². The molecule has 0 radical (unpaired) electrons. The Labute approximate surface area is 172 Å². The zero-order valence-corrected chi connectivity index (χ0v) is 16.1. The van der Waals surface area contributed by atoms with Gasteiger partial charge >= 0.3 is 12.0 Å². The van der Waals surface area contributed by atoms with Crippen molar-refractivity contribution in [3.8, 4) is 11.6 Å². The fourth-order valence-corrected chi connectivity index (χ4v) is 3.21. The molecule has 1 aliphatic rings. The Kier molecular flexibility index (Phi) is 5.66. The minimum absolute atomic E-state index is 0.148. The quantitative estimate of drug-likeness (QED) is 0.681. The molecule has 1 fully saturated rings. The summed E-state index contributed by atoms with van der Waals surface area (Å²) in [6.45, 7) is 3.21. The van der Waals surface area contributed by atoms with Crippen molar-refractivity contribution in [3.05, 3.63) is 66.4 Å². The summed E-state index contributed by atoms with van der Waals surface area (Å²) in [6.07, 6.45) is 6.10. The molecule has 4 rings (SSSR count). The Balaban J connectivity index is 1.32. The second kappa shape index (κ2) is 8.70. The number of carboxylic acid groups (broad SMARTS) is 1. The Morgan fingerprint density at radius 1 is 1.10 bits per heavy atom. The van der Waals surface area contributed by atoms with Gasteiger partial charge in [0.15, 0.2) is 5.69 Å². The van der Waals surface area contributed by atoms with Gasteiger partial charge in [0.05, 0.1) is 6.20 Å². The summed E-state index contributed by atoms with van der Waals surface area (Å²) in [5, 5.41) is 12.7. The summed E-state index contributed by atoms with van der Waals surface area (Å²) in [7, 11) is 0. The second-order valence-corrected chi connectivity index (χ2v) is 6.79. The third kappa shape index (κ3) is 4.61. The van der Waals surface area contributed by atoms with E-state index in [9.17, 15) is 9.59 Å². The van der Waals surface area contributed by atoms with Crippen molar-refractivity contribution in [2.45, 2.75) is 6.54 Å². The number of amides is 1. The molecular weight excluding hydrogens is 388 g/mol. The maximum Gasteiger partial charge on any atom is 0.356 e. The third-order valence-corrected chi connectivity index (χ3v) is 4.71. The Bertz CT molecular complexity index is 1030. The zero-order chi connectivity index (χ0) is 20.9. The summed E-state index contributed by atoms with van der Waals surface area (Å²) < 4.78 is 6.80. The average molecular weight is 408 g/mol. The average Bonchev–Trinajstić information content (AvgIpc) is 3.26. The SMILES string of the molecule is O=C(O)c1ccn(C(=O)N2CCN(Cc3cccc(Oc4cnccn4)c3)CC2)n1. The predicted molar refractivity (Wildman–Crippen MR) is 105 cm³/mol. The first-order valence-electron chi connectivity index (χ1n) is 9.42. The molecule has 1 aromatic carbocycles. The van der Waals surface area contributed by atoms with Crippen LogP contribution < -0.4 is 4.74 Å². The highest BCUT2D eigenvalue weighted by Gasteiger charge is 2.23. The van der Waals surface area contributed by atoms with E-state index in [1.807, 2.05) is 24.3 Å². The summed E-state index contributed by atoms with van der Waals surface area (Å²) in [5.74, 6) is -0.0296. The van der Waals surface area contributed by atoms with E-state index in [0.717, 1.165) is 16.8 Å². The minimum Gasteiger partial charge on any atom is -0.476 e. The highest BCUT2D eigenvalue weighted by Crippen LogP contribution is 2.20. The summed E-state index contributed by atoms with van der Waals surface area (Å²) >= 11 is 0. The molecule has 1 amide bonds. The number of hydrogen-bond donors (Lipinski definition) is 1. The Hall–Kier alpha value is -3.79. The van der Waals surface area contributed by atoms with Crippen LogP contribution in [-0.4, -0.2) is 72.8 Å². The number of aromatic nitrogens is 4. The summed E-state index contributed by atoms with van der Waals surface area (Å²) in [6, 6.07) is 8.78. The van der Waals surface area contributed by atoms with Crippen molar-refractivity contribution in [1.29, 1.82) is 0 Å². The number of nitrogens with zero attached hydrogens (tertiary/aromatic N) is 6. The van der Waals surface area contributed by atoms with Crippen molar-refractivity contribution >= 4 is 12.0 Å². The van der Waals surface area contributed by atoms with E-state index < -0.39 is 5.97 Å². The number of rotatable bonds is 5. The highest BCUT2D eigenvalue weighted by atomic mass is 16.5. The smallest absolute Gasteiger partial charge is 0.356 e. The van der Waals surface area contributed by atoms with E-state index in [-0.39, 0.29) is 11.7 Å². The molecule has 30 heavy (non-hydrogen) atoms. The van der Waals surface area contributed by atoms with Crippen LogP contribution in [0.2, 0.25) is 0 Å². The molecule has 0 bridgehead atoms. The van der Waals surface area contributed by atoms with Gasteiger partial charge in [-0.05, 0) is 23.8 Å². The first-order chi connectivity index (χ1) is 14.6. The molecule has 0 unspecified atom stereocenters. The molecule has 10 heteroatoms. The monoisotopic (exact) mass is 408 g/mol. The van der Waals surface area contributed by atoms with E-state index in [4.69, 9.17) is 9.84 Å². The number of benzene rings is 1. The summed E-state index contributed by atoms with van der Waals surface area (Å²) in [4.78, 5) is 35.5. The molecule has 1 saturated heterocycles. The number of carbonyl (C=O) groups is 2. The van der Waals surface area contributed by atoms with Crippen molar-refractivity contribution in [2.24, 2.45) is 0 Å². The molecule has 0 spiro atoms. The fraction of sp³-hybridized carbons (Fsp3) is 0.250. The van der Waals surface area contributed by atoms with Crippen LogP contribution in [0, 0.1) is 0 Å². The van der Waals surface area contributed by atoms with Gasteiger partial charge < -0.3 is 14.7 Å². The van der Waals surface area contributed by atoms with Gasteiger partial charge in [0.1, 0.15) is 5.75 Å². The minimum atomic E-state index is -1.16. The van der Waals surface area contributed by atoms with Crippen LogP contribution in [0.1, 0.15) is 16.1 Å². The molecule has 3 aromatic rings. The van der Waals surface area contributed by atoms with Crippen molar-refractivity contribution in [1.82, 2.24) is 29.5 Å². The van der Waals surface area contributed by atoms with Crippen LogP contribution >= 0.6 is 0 Å². The van der Waals surface area contributed by atoms with Gasteiger partial charge in [0.25, 0.3) is 0 Å². The standard InChI is InChI=1S/C20H20N6O4/c27-19(28)17-4-7-26(23-17)20(29)25-10-8-24(9-11-25)14-15-2-1-3-16(12-15)30-18-13-21-5-6-22-18/h1-7,12-13H,8-11,14H2,(H,27,28).